The zero-order valence-electron chi connectivity index (χ0n) is 23.2. The fraction of sp³-hybridized carbons (Fsp3) is 0.586. The van der Waals surface area contributed by atoms with E-state index in [-0.39, 0.29) is 62.4 Å². The number of esters is 2. The standard InChI is InChI=1S/C28H40N2O8.CH4/c1-7-38-25(34)13-9-8-12-23(29-19(2)31)24(33)16-20-11-10-14-30(26(20)35)18-22(32)15-21(27(36)37-6)17-28(3,4)5;/h9-11,13-14,21,23H,7-8,12,15-18H2,1-6H3,(H,29,31);1H4/b13-9+;/t21-,23-;/m0./s1. The van der Waals surface area contributed by atoms with Gasteiger partial charge >= 0.3 is 11.9 Å². The van der Waals surface area contributed by atoms with Gasteiger partial charge in [-0.05, 0) is 37.7 Å². The van der Waals surface area contributed by atoms with Crippen molar-refractivity contribution in [1.82, 2.24) is 9.88 Å². The van der Waals surface area contributed by atoms with Crippen molar-refractivity contribution in [1.29, 1.82) is 0 Å². The van der Waals surface area contributed by atoms with E-state index < -0.39 is 35.4 Å². The van der Waals surface area contributed by atoms with Crippen molar-refractivity contribution in [3.63, 3.8) is 0 Å². The second-order valence-corrected chi connectivity index (χ2v) is 10.3. The summed E-state index contributed by atoms with van der Waals surface area (Å²) in [6.45, 7) is 8.87. The molecule has 1 aromatic rings. The number of carbonyl (C=O) groups is 5. The number of hydrogen-bond donors (Lipinski definition) is 1. The van der Waals surface area contributed by atoms with Gasteiger partial charge in [-0.25, -0.2) is 4.79 Å². The smallest absolute Gasteiger partial charge is 0.330 e. The van der Waals surface area contributed by atoms with Crippen LogP contribution in [0.3, 0.4) is 0 Å². The van der Waals surface area contributed by atoms with E-state index in [9.17, 15) is 28.8 Å². The molecule has 218 valence electrons. The Balaban J connectivity index is 0.0000144. The Kier molecular flexibility index (Phi) is 15.6. The summed E-state index contributed by atoms with van der Waals surface area (Å²) in [4.78, 5) is 74.0. The van der Waals surface area contributed by atoms with Gasteiger partial charge in [-0.1, -0.05) is 40.3 Å². The molecule has 0 saturated heterocycles. The van der Waals surface area contributed by atoms with Crippen LogP contribution in [0.25, 0.3) is 0 Å². The minimum atomic E-state index is -0.854. The van der Waals surface area contributed by atoms with Gasteiger partial charge in [-0.15, -0.1) is 0 Å². The Morgan fingerprint density at radius 3 is 2.38 bits per heavy atom. The van der Waals surface area contributed by atoms with E-state index in [4.69, 9.17) is 9.47 Å². The largest absolute Gasteiger partial charge is 0.469 e. The Hall–Kier alpha value is -3.56. The molecule has 1 heterocycles. The molecule has 0 bridgehead atoms. The van der Waals surface area contributed by atoms with Crippen LogP contribution in [0.2, 0.25) is 0 Å². The molecule has 0 aliphatic rings. The predicted molar refractivity (Wildman–Crippen MR) is 148 cm³/mol. The summed E-state index contributed by atoms with van der Waals surface area (Å²) in [6, 6.07) is 2.22. The van der Waals surface area contributed by atoms with E-state index in [1.165, 1.54) is 36.9 Å². The first kappa shape index (κ1) is 35.4. The van der Waals surface area contributed by atoms with Crippen LogP contribution in [0.4, 0.5) is 0 Å². The van der Waals surface area contributed by atoms with Crippen molar-refractivity contribution < 1.29 is 33.4 Å². The summed E-state index contributed by atoms with van der Waals surface area (Å²) in [6.07, 6.45) is 4.99. The molecule has 0 aliphatic carbocycles. The predicted octanol–water partition coefficient (Wildman–Crippen LogP) is 3.18. The molecule has 2 atom stereocenters. The van der Waals surface area contributed by atoms with Crippen molar-refractivity contribution in [3.8, 4) is 0 Å². The number of Topliss-reactive ketones (excluding diaryl/α,β-unsaturated/α-hetero) is 2. The molecule has 0 spiro atoms. The lowest BCUT2D eigenvalue weighted by Crippen LogP contribution is -2.41. The Labute approximate surface area is 231 Å². The van der Waals surface area contributed by atoms with Crippen LogP contribution in [0, 0.1) is 11.3 Å². The SMILES string of the molecule is C.CCOC(=O)/C=C/CC[C@H](NC(C)=O)C(=O)Cc1cccn(CC(=O)C[C@@H](CC(C)(C)C)C(=O)OC)c1=O. The highest BCUT2D eigenvalue weighted by Crippen LogP contribution is 2.27. The number of pyridine rings is 1. The average Bonchev–Trinajstić information content (AvgIpc) is 2.81. The van der Waals surface area contributed by atoms with Gasteiger partial charge in [0, 0.05) is 37.6 Å². The molecular weight excluding hydrogens is 504 g/mol. The van der Waals surface area contributed by atoms with Crippen LogP contribution in [-0.4, -0.2) is 53.7 Å². The maximum atomic E-state index is 13.0. The minimum Gasteiger partial charge on any atom is -0.469 e. The molecule has 0 aliphatic heterocycles. The number of allylic oxidation sites excluding steroid dienone is 1. The summed E-state index contributed by atoms with van der Waals surface area (Å²) >= 11 is 0. The summed E-state index contributed by atoms with van der Waals surface area (Å²) in [5, 5.41) is 2.59. The molecule has 1 N–H and O–H groups in total. The van der Waals surface area contributed by atoms with Crippen LogP contribution < -0.4 is 10.9 Å². The lowest BCUT2D eigenvalue weighted by atomic mass is 9.82. The highest BCUT2D eigenvalue weighted by Gasteiger charge is 2.28. The molecule has 0 saturated carbocycles. The van der Waals surface area contributed by atoms with Gasteiger partial charge in [-0.3, -0.25) is 24.0 Å². The maximum absolute atomic E-state index is 13.0. The number of ether oxygens (including phenoxy) is 2. The summed E-state index contributed by atoms with van der Waals surface area (Å²) in [5.41, 5.74) is -0.514. The molecule has 1 amide bonds. The van der Waals surface area contributed by atoms with Crippen LogP contribution in [0.1, 0.15) is 73.3 Å². The molecule has 10 heteroatoms. The van der Waals surface area contributed by atoms with E-state index >= 15 is 0 Å². The van der Waals surface area contributed by atoms with Crippen molar-refractivity contribution in [2.24, 2.45) is 11.3 Å². The summed E-state index contributed by atoms with van der Waals surface area (Å²) in [5.74, 6) is -2.67. The number of rotatable bonds is 15. The van der Waals surface area contributed by atoms with Gasteiger partial charge < -0.3 is 19.4 Å². The Morgan fingerprint density at radius 2 is 1.82 bits per heavy atom. The first-order chi connectivity index (χ1) is 17.8. The van der Waals surface area contributed by atoms with E-state index in [2.05, 4.69) is 5.32 Å². The Morgan fingerprint density at radius 1 is 1.15 bits per heavy atom. The lowest BCUT2D eigenvalue weighted by Gasteiger charge is -2.24. The summed E-state index contributed by atoms with van der Waals surface area (Å²) in [7, 11) is 1.28. The third kappa shape index (κ3) is 13.7. The number of aromatic nitrogens is 1. The van der Waals surface area contributed by atoms with Crippen LogP contribution in [0.5, 0.6) is 0 Å². The lowest BCUT2D eigenvalue weighted by molar-refractivity contribution is -0.148. The highest BCUT2D eigenvalue weighted by atomic mass is 16.5. The number of amides is 1. The van der Waals surface area contributed by atoms with Gasteiger partial charge in [0.25, 0.3) is 5.56 Å². The maximum Gasteiger partial charge on any atom is 0.330 e. The van der Waals surface area contributed by atoms with Gasteiger partial charge in [0.1, 0.15) is 0 Å². The quantitative estimate of drug-likeness (QED) is 0.261. The van der Waals surface area contributed by atoms with Gasteiger partial charge in [-0.2, -0.15) is 0 Å². The normalized spacial score (nSPS) is 12.7. The molecule has 1 aromatic heterocycles. The highest BCUT2D eigenvalue weighted by molar-refractivity contribution is 5.90. The number of methoxy groups -OCH3 is 1. The molecule has 10 nitrogen and oxygen atoms in total. The minimum absolute atomic E-state index is 0. The Bertz CT molecular complexity index is 1080. The molecule has 0 fully saturated rings. The second kappa shape index (κ2) is 17.1. The zero-order valence-corrected chi connectivity index (χ0v) is 23.2. The van der Waals surface area contributed by atoms with E-state index in [0.717, 1.165) is 0 Å². The van der Waals surface area contributed by atoms with Crippen molar-refractivity contribution in [2.45, 2.75) is 86.7 Å². The number of ketones is 2. The van der Waals surface area contributed by atoms with E-state index in [1.807, 2.05) is 20.8 Å². The fourth-order valence-corrected chi connectivity index (χ4v) is 4.02. The van der Waals surface area contributed by atoms with E-state index in [1.54, 1.807) is 19.1 Å². The van der Waals surface area contributed by atoms with Crippen LogP contribution in [-0.2, 0) is 46.4 Å². The molecule has 39 heavy (non-hydrogen) atoms. The summed E-state index contributed by atoms with van der Waals surface area (Å²) < 4.78 is 10.9. The fourth-order valence-electron chi connectivity index (χ4n) is 4.02. The third-order valence-electron chi connectivity index (χ3n) is 5.61. The molecule has 0 aromatic carbocycles. The molecule has 0 radical (unpaired) electrons. The van der Waals surface area contributed by atoms with Gasteiger partial charge in [0.15, 0.2) is 11.6 Å². The monoisotopic (exact) mass is 548 g/mol. The molecule has 0 unspecified atom stereocenters. The van der Waals surface area contributed by atoms with Crippen LogP contribution >= 0.6 is 0 Å². The third-order valence-corrected chi connectivity index (χ3v) is 5.61. The number of nitrogens with zero attached hydrogens (tertiary/aromatic N) is 1. The second-order valence-electron chi connectivity index (χ2n) is 10.3. The number of nitrogens with one attached hydrogen (secondary N) is 1. The van der Waals surface area contributed by atoms with E-state index in [0.29, 0.717) is 12.8 Å². The van der Waals surface area contributed by atoms with Crippen molar-refractivity contribution in [3.05, 3.63) is 46.4 Å². The number of hydrogen-bond acceptors (Lipinski definition) is 8. The average molecular weight is 549 g/mol. The van der Waals surface area contributed by atoms with Crippen molar-refractivity contribution in [2.75, 3.05) is 13.7 Å². The van der Waals surface area contributed by atoms with Gasteiger partial charge in [0.2, 0.25) is 5.91 Å². The zero-order chi connectivity index (χ0) is 28.9. The van der Waals surface area contributed by atoms with Crippen molar-refractivity contribution >= 4 is 29.4 Å². The molecule has 1 rings (SSSR count). The molecular formula is C29H44N2O8. The van der Waals surface area contributed by atoms with Gasteiger partial charge in [0.05, 0.1) is 32.2 Å². The first-order valence-corrected chi connectivity index (χ1v) is 12.7. The topological polar surface area (TPSA) is 138 Å². The number of carbonyl (C=O) groups excluding carboxylic acids is 5. The first-order valence-electron chi connectivity index (χ1n) is 12.7. The van der Waals surface area contributed by atoms with Crippen LogP contribution in [0.15, 0.2) is 35.3 Å².